The number of hydrogen-bond donors (Lipinski definition) is 2. The van der Waals surface area contributed by atoms with Crippen molar-refractivity contribution in [3.63, 3.8) is 0 Å². The molecule has 0 aliphatic carbocycles. The molecule has 1 saturated heterocycles. The van der Waals surface area contributed by atoms with Gasteiger partial charge in [-0.05, 0) is 57.6 Å². The summed E-state index contributed by atoms with van der Waals surface area (Å²) >= 11 is 0. The molecule has 1 aromatic heterocycles. The fraction of sp³-hybridized carbons (Fsp3) is 0.524. The summed E-state index contributed by atoms with van der Waals surface area (Å²) in [5.41, 5.74) is 5.51. The first-order valence-corrected chi connectivity index (χ1v) is 9.49. The zero-order valence-electron chi connectivity index (χ0n) is 16.0. The minimum atomic E-state index is -0.452. The number of carbonyl (C=O) groups excluding carboxylic acids is 1. The second-order valence-electron chi connectivity index (χ2n) is 7.47. The SMILES string of the molecule is Cc1ccc(C[C@H]2[C@@H](O)CCCN2C(=O)CCc2c(C)n[nH]c2C)cc1. The summed E-state index contributed by atoms with van der Waals surface area (Å²) in [6.45, 7) is 6.75. The van der Waals surface area contributed by atoms with Gasteiger partial charge in [-0.2, -0.15) is 5.10 Å². The summed E-state index contributed by atoms with van der Waals surface area (Å²) in [6, 6.07) is 8.22. The number of nitrogens with one attached hydrogen (secondary N) is 1. The molecule has 1 amide bonds. The second kappa shape index (κ2) is 8.04. The predicted molar refractivity (Wildman–Crippen MR) is 102 cm³/mol. The minimum Gasteiger partial charge on any atom is -0.391 e. The number of rotatable bonds is 5. The van der Waals surface area contributed by atoms with Crippen molar-refractivity contribution < 1.29 is 9.90 Å². The molecular weight excluding hydrogens is 326 g/mol. The highest BCUT2D eigenvalue weighted by Gasteiger charge is 2.33. The third-order valence-corrected chi connectivity index (χ3v) is 5.50. The summed E-state index contributed by atoms with van der Waals surface area (Å²) < 4.78 is 0. The second-order valence-corrected chi connectivity index (χ2v) is 7.47. The number of aliphatic hydroxyl groups excluding tert-OH is 1. The molecule has 2 heterocycles. The Labute approximate surface area is 155 Å². The number of aryl methyl sites for hydroxylation is 3. The van der Waals surface area contributed by atoms with Crippen molar-refractivity contribution in [2.45, 2.75) is 65.0 Å². The van der Waals surface area contributed by atoms with E-state index in [9.17, 15) is 9.90 Å². The molecule has 2 atom stereocenters. The average Bonchev–Trinajstić information content (AvgIpc) is 2.94. The van der Waals surface area contributed by atoms with Gasteiger partial charge in [0.1, 0.15) is 0 Å². The van der Waals surface area contributed by atoms with Gasteiger partial charge in [0, 0.05) is 18.7 Å². The molecule has 5 heteroatoms. The van der Waals surface area contributed by atoms with Crippen LogP contribution in [0.1, 0.15) is 47.3 Å². The maximum Gasteiger partial charge on any atom is 0.223 e. The number of H-pyrrole nitrogens is 1. The standard InChI is InChI=1S/C21H29N3O2/c1-14-6-8-17(9-7-14)13-19-20(25)5-4-12-24(19)21(26)11-10-18-15(2)22-23-16(18)3/h6-9,19-20,25H,4-5,10-13H2,1-3H3,(H,22,23)/t19-,20-/m0/s1. The first-order chi connectivity index (χ1) is 12.5. The van der Waals surface area contributed by atoms with Crippen LogP contribution in [0.25, 0.3) is 0 Å². The topological polar surface area (TPSA) is 69.2 Å². The lowest BCUT2D eigenvalue weighted by atomic mass is 9.92. The van der Waals surface area contributed by atoms with Crippen molar-refractivity contribution in [2.75, 3.05) is 6.54 Å². The van der Waals surface area contributed by atoms with Crippen molar-refractivity contribution in [3.8, 4) is 0 Å². The largest absolute Gasteiger partial charge is 0.391 e. The van der Waals surface area contributed by atoms with Crippen LogP contribution in [0.4, 0.5) is 0 Å². The van der Waals surface area contributed by atoms with Crippen LogP contribution in [0.5, 0.6) is 0 Å². The average molecular weight is 355 g/mol. The Bertz CT molecular complexity index is 732. The molecule has 1 aliphatic heterocycles. The number of piperidine rings is 1. The Kier molecular flexibility index (Phi) is 5.77. The molecule has 140 valence electrons. The molecule has 1 fully saturated rings. The van der Waals surface area contributed by atoms with Gasteiger partial charge in [0.2, 0.25) is 5.91 Å². The van der Waals surface area contributed by atoms with Crippen LogP contribution in [0.2, 0.25) is 0 Å². The maximum absolute atomic E-state index is 12.9. The molecule has 5 nitrogen and oxygen atoms in total. The Balaban J connectivity index is 1.68. The summed E-state index contributed by atoms with van der Waals surface area (Å²) in [4.78, 5) is 14.8. The van der Waals surface area contributed by atoms with E-state index in [1.807, 2.05) is 18.7 Å². The molecule has 3 rings (SSSR count). The van der Waals surface area contributed by atoms with Crippen molar-refractivity contribution in [3.05, 3.63) is 52.3 Å². The van der Waals surface area contributed by atoms with Crippen LogP contribution in [0, 0.1) is 20.8 Å². The fourth-order valence-electron chi connectivity index (χ4n) is 3.88. The van der Waals surface area contributed by atoms with Crippen LogP contribution in [-0.4, -0.2) is 44.8 Å². The van der Waals surface area contributed by atoms with Gasteiger partial charge in [0.05, 0.1) is 17.8 Å². The van der Waals surface area contributed by atoms with E-state index in [0.717, 1.165) is 36.3 Å². The van der Waals surface area contributed by atoms with Crippen molar-refractivity contribution in [2.24, 2.45) is 0 Å². The molecule has 0 spiro atoms. The highest BCUT2D eigenvalue weighted by Crippen LogP contribution is 2.23. The van der Waals surface area contributed by atoms with Gasteiger partial charge in [-0.1, -0.05) is 29.8 Å². The molecule has 2 N–H and O–H groups in total. The van der Waals surface area contributed by atoms with Gasteiger partial charge in [-0.3, -0.25) is 9.89 Å². The molecule has 26 heavy (non-hydrogen) atoms. The molecular formula is C21H29N3O2. The summed E-state index contributed by atoms with van der Waals surface area (Å²) in [5, 5.41) is 17.7. The van der Waals surface area contributed by atoms with Crippen LogP contribution < -0.4 is 0 Å². The van der Waals surface area contributed by atoms with E-state index in [4.69, 9.17) is 0 Å². The van der Waals surface area contributed by atoms with E-state index in [2.05, 4.69) is 41.4 Å². The Morgan fingerprint density at radius 1 is 1.27 bits per heavy atom. The minimum absolute atomic E-state index is 0.126. The number of aliphatic hydroxyl groups is 1. The lowest BCUT2D eigenvalue weighted by Gasteiger charge is -2.39. The van der Waals surface area contributed by atoms with Gasteiger partial charge in [0.25, 0.3) is 0 Å². The summed E-state index contributed by atoms with van der Waals surface area (Å²) in [7, 11) is 0. The number of carbonyl (C=O) groups is 1. The quantitative estimate of drug-likeness (QED) is 0.866. The van der Waals surface area contributed by atoms with E-state index in [0.29, 0.717) is 19.3 Å². The van der Waals surface area contributed by atoms with E-state index in [-0.39, 0.29) is 11.9 Å². The van der Waals surface area contributed by atoms with Crippen molar-refractivity contribution in [1.82, 2.24) is 15.1 Å². The number of hydrogen-bond acceptors (Lipinski definition) is 3. The maximum atomic E-state index is 12.9. The molecule has 0 radical (unpaired) electrons. The van der Waals surface area contributed by atoms with E-state index < -0.39 is 6.10 Å². The fourth-order valence-corrected chi connectivity index (χ4v) is 3.88. The highest BCUT2D eigenvalue weighted by atomic mass is 16.3. The third kappa shape index (κ3) is 4.15. The van der Waals surface area contributed by atoms with Crippen molar-refractivity contribution in [1.29, 1.82) is 0 Å². The molecule has 2 aromatic rings. The lowest BCUT2D eigenvalue weighted by Crippen LogP contribution is -2.52. The smallest absolute Gasteiger partial charge is 0.223 e. The molecule has 1 aromatic carbocycles. The first kappa shape index (κ1) is 18.6. The zero-order chi connectivity index (χ0) is 18.7. The number of nitrogens with zero attached hydrogens (tertiary/aromatic N) is 2. The molecule has 0 bridgehead atoms. The Morgan fingerprint density at radius 3 is 2.65 bits per heavy atom. The highest BCUT2D eigenvalue weighted by molar-refractivity contribution is 5.77. The van der Waals surface area contributed by atoms with Crippen LogP contribution >= 0.6 is 0 Å². The zero-order valence-corrected chi connectivity index (χ0v) is 16.0. The van der Waals surface area contributed by atoms with E-state index in [1.54, 1.807) is 0 Å². The van der Waals surface area contributed by atoms with Gasteiger partial charge in [0.15, 0.2) is 0 Å². The van der Waals surface area contributed by atoms with Crippen LogP contribution in [0.3, 0.4) is 0 Å². The third-order valence-electron chi connectivity index (χ3n) is 5.50. The number of aromatic nitrogens is 2. The molecule has 0 unspecified atom stereocenters. The van der Waals surface area contributed by atoms with Gasteiger partial charge in [-0.25, -0.2) is 0 Å². The summed E-state index contributed by atoms with van der Waals surface area (Å²) in [6.07, 6.45) is 3.03. The van der Waals surface area contributed by atoms with Gasteiger partial charge in [-0.15, -0.1) is 0 Å². The van der Waals surface area contributed by atoms with Gasteiger partial charge < -0.3 is 10.0 Å². The number of aromatic amines is 1. The van der Waals surface area contributed by atoms with Crippen LogP contribution in [0.15, 0.2) is 24.3 Å². The number of amides is 1. The summed E-state index contributed by atoms with van der Waals surface area (Å²) in [5.74, 6) is 0.126. The molecule has 1 aliphatic rings. The monoisotopic (exact) mass is 355 g/mol. The van der Waals surface area contributed by atoms with E-state index in [1.165, 1.54) is 11.1 Å². The van der Waals surface area contributed by atoms with Crippen molar-refractivity contribution >= 4 is 5.91 Å². The number of likely N-dealkylation sites (tertiary alicyclic amines) is 1. The first-order valence-electron chi connectivity index (χ1n) is 9.49. The molecule has 0 saturated carbocycles. The number of benzene rings is 1. The van der Waals surface area contributed by atoms with E-state index >= 15 is 0 Å². The Morgan fingerprint density at radius 2 is 2.00 bits per heavy atom. The van der Waals surface area contributed by atoms with Gasteiger partial charge >= 0.3 is 0 Å². The predicted octanol–water partition coefficient (Wildman–Crippen LogP) is 2.86. The van der Waals surface area contributed by atoms with Crippen LogP contribution in [-0.2, 0) is 17.6 Å². The lowest BCUT2D eigenvalue weighted by molar-refractivity contribution is -0.138. The Hall–Kier alpha value is -2.14. The normalized spacial score (nSPS) is 20.4.